The Morgan fingerprint density at radius 2 is 2.00 bits per heavy atom. The Labute approximate surface area is 123 Å². The van der Waals surface area contributed by atoms with Crippen LogP contribution in [0.4, 0.5) is 0 Å². The van der Waals surface area contributed by atoms with E-state index in [1.165, 1.54) is 0 Å². The molecule has 1 fully saturated rings. The molecule has 6 heteroatoms. The summed E-state index contributed by atoms with van der Waals surface area (Å²) in [5, 5.41) is 0. The van der Waals surface area contributed by atoms with Crippen molar-refractivity contribution in [2.75, 3.05) is 27.9 Å². The van der Waals surface area contributed by atoms with Crippen molar-refractivity contribution in [2.45, 2.75) is 50.9 Å². The van der Waals surface area contributed by atoms with Crippen molar-refractivity contribution in [3.63, 3.8) is 0 Å². The molecule has 0 aliphatic carbocycles. The number of hydrogen-bond donors (Lipinski definition) is 0. The fourth-order valence-corrected chi connectivity index (χ4v) is 6.12. The van der Waals surface area contributed by atoms with Crippen molar-refractivity contribution >= 4 is 8.56 Å². The van der Waals surface area contributed by atoms with Gasteiger partial charge in [0, 0.05) is 27.8 Å². The maximum atomic E-state index is 6.21. The van der Waals surface area contributed by atoms with E-state index in [1.54, 1.807) is 21.3 Å². The normalized spacial score (nSPS) is 27.2. The van der Waals surface area contributed by atoms with E-state index < -0.39 is 14.5 Å². The van der Waals surface area contributed by atoms with Crippen LogP contribution >= 0.6 is 0 Å². The first-order valence-electron chi connectivity index (χ1n) is 7.09. The molecule has 0 bridgehead atoms. The molecule has 1 aliphatic rings. The summed E-state index contributed by atoms with van der Waals surface area (Å²) in [5.74, 6) is -1.000. The number of methoxy groups -OCH3 is 2. The second-order valence-electron chi connectivity index (χ2n) is 5.23. The van der Waals surface area contributed by atoms with Crippen molar-refractivity contribution in [3.05, 3.63) is 12.2 Å². The molecule has 0 radical (unpaired) electrons. The van der Waals surface area contributed by atoms with Gasteiger partial charge in [0.2, 0.25) is 0 Å². The van der Waals surface area contributed by atoms with Gasteiger partial charge in [0.15, 0.2) is 0 Å². The molecule has 0 aromatic carbocycles. The maximum absolute atomic E-state index is 6.21. The van der Waals surface area contributed by atoms with Gasteiger partial charge in [-0.2, -0.15) is 0 Å². The number of ether oxygens (including phenoxy) is 3. The molecule has 1 saturated heterocycles. The quantitative estimate of drug-likeness (QED) is 0.392. The predicted molar refractivity (Wildman–Crippen MR) is 79.5 cm³/mol. The fraction of sp³-hybridized carbons (Fsp3) is 0.857. The van der Waals surface area contributed by atoms with Gasteiger partial charge in [-0.3, -0.25) is 0 Å². The lowest BCUT2D eigenvalue weighted by molar-refractivity contribution is -0.343. The molecule has 0 aromatic rings. The Morgan fingerprint density at radius 3 is 2.45 bits per heavy atom. The summed E-state index contributed by atoms with van der Waals surface area (Å²) in [7, 11) is 2.34. The van der Waals surface area contributed by atoms with E-state index in [4.69, 9.17) is 23.1 Å². The standard InChI is InChI=1S/C14H28O5Si/c1-7-13(18-11-12(2)3)20(17-6)10-8-9-14(15-4,16-5)19-20/h13H,2,7-11H2,1,3-6H3. The van der Waals surface area contributed by atoms with E-state index in [1.807, 2.05) is 6.92 Å². The van der Waals surface area contributed by atoms with E-state index in [9.17, 15) is 0 Å². The summed E-state index contributed by atoms with van der Waals surface area (Å²) in [5.41, 5.74) is 0.929. The molecule has 0 spiro atoms. The van der Waals surface area contributed by atoms with Gasteiger partial charge < -0.3 is 23.1 Å². The molecule has 0 N–H and O–H groups in total. The predicted octanol–water partition coefficient (Wildman–Crippen LogP) is 2.74. The van der Waals surface area contributed by atoms with Crippen molar-refractivity contribution < 1.29 is 23.1 Å². The van der Waals surface area contributed by atoms with Crippen LogP contribution in [0.25, 0.3) is 0 Å². The lowest BCUT2D eigenvalue weighted by Gasteiger charge is -2.46. The van der Waals surface area contributed by atoms with Crippen LogP contribution in [0.5, 0.6) is 0 Å². The Bertz CT molecular complexity index is 319. The highest BCUT2D eigenvalue weighted by atomic mass is 28.4. The van der Waals surface area contributed by atoms with Gasteiger partial charge in [-0.25, -0.2) is 0 Å². The molecule has 0 amide bonds. The summed E-state index contributed by atoms with van der Waals surface area (Å²) in [6, 6.07) is 0.882. The molecule has 1 rings (SSSR count). The molecule has 20 heavy (non-hydrogen) atoms. The lowest BCUT2D eigenvalue weighted by atomic mass is 10.3. The first kappa shape index (κ1) is 17.8. The Hall–Kier alpha value is -0.243. The van der Waals surface area contributed by atoms with Crippen molar-refractivity contribution in [3.8, 4) is 0 Å². The third kappa shape index (κ3) is 3.90. The third-order valence-corrected chi connectivity index (χ3v) is 7.65. The minimum absolute atomic E-state index is 0.0609. The summed E-state index contributed by atoms with van der Waals surface area (Å²) >= 11 is 0. The third-order valence-electron chi connectivity index (χ3n) is 3.70. The van der Waals surface area contributed by atoms with Crippen LogP contribution in [0, 0.1) is 0 Å². The van der Waals surface area contributed by atoms with E-state index in [-0.39, 0.29) is 5.73 Å². The monoisotopic (exact) mass is 304 g/mol. The average molecular weight is 304 g/mol. The van der Waals surface area contributed by atoms with Crippen LogP contribution in [0.15, 0.2) is 12.2 Å². The highest BCUT2D eigenvalue weighted by molar-refractivity contribution is 6.69. The Morgan fingerprint density at radius 1 is 1.35 bits per heavy atom. The molecule has 5 nitrogen and oxygen atoms in total. The van der Waals surface area contributed by atoms with E-state index in [0.717, 1.165) is 24.5 Å². The minimum Gasteiger partial charge on any atom is -0.396 e. The maximum Gasteiger partial charge on any atom is 0.371 e. The summed E-state index contributed by atoms with van der Waals surface area (Å²) in [4.78, 5) is 0. The Kier molecular flexibility index (Phi) is 6.83. The molecule has 1 heterocycles. The molecule has 0 saturated carbocycles. The summed E-state index contributed by atoms with van der Waals surface area (Å²) in [6.45, 7) is 8.42. The van der Waals surface area contributed by atoms with Crippen LogP contribution in [0.2, 0.25) is 6.04 Å². The largest absolute Gasteiger partial charge is 0.396 e. The highest BCUT2D eigenvalue weighted by Crippen LogP contribution is 2.38. The number of rotatable bonds is 8. The molecule has 118 valence electrons. The van der Waals surface area contributed by atoms with Gasteiger partial charge in [0.25, 0.3) is 5.97 Å². The van der Waals surface area contributed by atoms with Crippen molar-refractivity contribution in [1.29, 1.82) is 0 Å². The van der Waals surface area contributed by atoms with Gasteiger partial charge in [-0.1, -0.05) is 19.1 Å². The minimum atomic E-state index is -2.54. The van der Waals surface area contributed by atoms with E-state index in [0.29, 0.717) is 13.0 Å². The molecule has 0 aromatic heterocycles. The van der Waals surface area contributed by atoms with Gasteiger partial charge in [0.1, 0.15) is 5.73 Å². The van der Waals surface area contributed by atoms with Gasteiger partial charge in [0.05, 0.1) is 6.61 Å². The topological polar surface area (TPSA) is 46.2 Å². The van der Waals surface area contributed by atoms with E-state index in [2.05, 4.69) is 13.5 Å². The molecular formula is C14H28O5Si. The van der Waals surface area contributed by atoms with Crippen molar-refractivity contribution in [1.82, 2.24) is 0 Å². The molecule has 1 aliphatic heterocycles. The van der Waals surface area contributed by atoms with Crippen LogP contribution in [-0.2, 0) is 23.1 Å². The zero-order valence-corrected chi connectivity index (χ0v) is 14.4. The van der Waals surface area contributed by atoms with Crippen LogP contribution in [-0.4, -0.2) is 48.2 Å². The van der Waals surface area contributed by atoms with Gasteiger partial charge in [-0.05, 0) is 25.8 Å². The van der Waals surface area contributed by atoms with Gasteiger partial charge >= 0.3 is 8.56 Å². The SMILES string of the molecule is C=C(C)COC(CC)[Si]1(OC)CCCC(OC)(OC)O1. The fourth-order valence-electron chi connectivity index (χ4n) is 2.59. The number of hydrogen-bond acceptors (Lipinski definition) is 5. The second-order valence-corrected chi connectivity index (χ2v) is 8.61. The highest BCUT2D eigenvalue weighted by Gasteiger charge is 2.55. The molecule has 2 unspecified atom stereocenters. The van der Waals surface area contributed by atoms with E-state index >= 15 is 0 Å². The van der Waals surface area contributed by atoms with Crippen molar-refractivity contribution in [2.24, 2.45) is 0 Å². The lowest BCUT2D eigenvalue weighted by Crippen LogP contribution is -2.62. The average Bonchev–Trinajstić information content (AvgIpc) is 2.47. The zero-order valence-electron chi connectivity index (χ0n) is 13.4. The molecule has 2 atom stereocenters. The first-order chi connectivity index (χ1) is 9.47. The summed E-state index contributed by atoms with van der Waals surface area (Å²) < 4.78 is 28.9. The van der Waals surface area contributed by atoms with Crippen LogP contribution in [0.1, 0.15) is 33.1 Å². The smallest absolute Gasteiger partial charge is 0.371 e. The van der Waals surface area contributed by atoms with Crippen LogP contribution < -0.4 is 0 Å². The summed E-state index contributed by atoms with van der Waals surface area (Å²) in [6.07, 6.45) is 2.47. The Balaban J connectivity index is 2.90. The zero-order chi connectivity index (χ0) is 15.2. The van der Waals surface area contributed by atoms with Crippen LogP contribution in [0.3, 0.4) is 0 Å². The first-order valence-corrected chi connectivity index (χ1v) is 9.19. The second kappa shape index (κ2) is 7.68. The van der Waals surface area contributed by atoms with Gasteiger partial charge in [-0.15, -0.1) is 0 Å². The molecular weight excluding hydrogens is 276 g/mol.